The Morgan fingerprint density at radius 1 is 1.45 bits per heavy atom. The topological polar surface area (TPSA) is 92.5 Å². The van der Waals surface area contributed by atoms with Crippen LogP contribution in [0.25, 0.3) is 15.7 Å². The molecule has 0 saturated carbocycles. The Labute approximate surface area is 191 Å². The van der Waals surface area contributed by atoms with E-state index in [1.165, 1.54) is 17.4 Å². The molecule has 1 fully saturated rings. The number of fused-ring (bicyclic) bond motifs is 1. The van der Waals surface area contributed by atoms with Crippen LogP contribution in [0.2, 0.25) is 0 Å². The van der Waals surface area contributed by atoms with E-state index in [0.717, 1.165) is 12.2 Å². The Morgan fingerprint density at radius 3 is 3.09 bits per heavy atom. The lowest BCUT2D eigenvalue weighted by Gasteiger charge is -2.32. The molecule has 2 N–H and O–H groups in total. The summed E-state index contributed by atoms with van der Waals surface area (Å²) >= 11 is 1.19. The molecule has 4 heterocycles. The van der Waals surface area contributed by atoms with Gasteiger partial charge in [0.15, 0.2) is 11.6 Å². The highest BCUT2D eigenvalue weighted by molar-refractivity contribution is 7.16. The van der Waals surface area contributed by atoms with E-state index in [2.05, 4.69) is 17.5 Å². The van der Waals surface area contributed by atoms with Crippen LogP contribution < -0.4 is 25.1 Å². The van der Waals surface area contributed by atoms with Crippen LogP contribution in [-0.2, 0) is 6.61 Å². The number of nitrogens with one attached hydrogen (secondary N) is 1. The number of aromatic nitrogens is 1. The van der Waals surface area contributed by atoms with E-state index in [-0.39, 0.29) is 29.1 Å². The summed E-state index contributed by atoms with van der Waals surface area (Å²) in [5, 5.41) is 14.2. The van der Waals surface area contributed by atoms with Gasteiger partial charge in [-0.1, -0.05) is 24.3 Å². The number of thiazole rings is 1. The van der Waals surface area contributed by atoms with Crippen LogP contribution in [0, 0.1) is 17.2 Å². The second kappa shape index (κ2) is 7.06. The standard InChI is InChI=1S/C23H20FN3O5S/c1-25-10-23-5-3-2-4-12(23)7-26(11-23)17-15(24)6-14-16-19(17)31-8-13-9-33-21(27(13)16)20(18(14)28)32-22(29)30/h2-6,9,12,25H,7-8,10-11H2,1H3,(H,29,30). The molecule has 3 aliphatic rings. The number of halogens is 1. The number of hydrogen-bond acceptors (Lipinski definition) is 7. The molecular formula is C23H20FN3O5S. The van der Waals surface area contributed by atoms with Gasteiger partial charge in [-0.2, -0.15) is 0 Å². The van der Waals surface area contributed by atoms with Crippen molar-refractivity contribution in [3.63, 3.8) is 0 Å². The third kappa shape index (κ3) is 2.77. The summed E-state index contributed by atoms with van der Waals surface area (Å²) in [7, 11) is 1.90. The van der Waals surface area contributed by atoms with Crippen molar-refractivity contribution >= 4 is 38.9 Å². The Balaban J connectivity index is 1.59. The number of allylic oxidation sites excluding steroid dienone is 2. The van der Waals surface area contributed by atoms with E-state index < -0.39 is 17.4 Å². The number of pyridine rings is 1. The Hall–Kier alpha value is -3.37. The van der Waals surface area contributed by atoms with Crippen LogP contribution in [0.3, 0.4) is 0 Å². The largest absolute Gasteiger partial charge is 0.511 e. The van der Waals surface area contributed by atoms with Crippen molar-refractivity contribution < 1.29 is 23.8 Å². The minimum atomic E-state index is -1.59. The maximum atomic E-state index is 15.7. The molecule has 6 rings (SSSR count). The van der Waals surface area contributed by atoms with Gasteiger partial charge in [0.2, 0.25) is 11.2 Å². The zero-order valence-electron chi connectivity index (χ0n) is 17.6. The van der Waals surface area contributed by atoms with Crippen molar-refractivity contribution in [3.05, 3.63) is 57.5 Å². The van der Waals surface area contributed by atoms with Gasteiger partial charge >= 0.3 is 6.16 Å². The van der Waals surface area contributed by atoms with Crippen molar-refractivity contribution in [2.24, 2.45) is 11.3 Å². The smallest absolute Gasteiger partial charge is 0.483 e. The number of hydrogen-bond donors (Lipinski definition) is 2. The molecular weight excluding hydrogens is 449 g/mol. The number of carbonyl (C=O) groups is 1. The summed E-state index contributed by atoms with van der Waals surface area (Å²) in [6, 6.07) is 1.17. The van der Waals surface area contributed by atoms with Crippen molar-refractivity contribution in [3.8, 4) is 11.5 Å². The Morgan fingerprint density at radius 2 is 2.30 bits per heavy atom. The fourth-order valence-corrected chi connectivity index (χ4v) is 6.39. The van der Waals surface area contributed by atoms with Gasteiger partial charge in [0.1, 0.15) is 22.6 Å². The first-order valence-corrected chi connectivity index (χ1v) is 11.4. The lowest BCUT2D eigenvalue weighted by Crippen LogP contribution is -2.38. The van der Waals surface area contributed by atoms with Crippen molar-refractivity contribution in [2.45, 2.75) is 6.61 Å². The minimum Gasteiger partial charge on any atom is -0.483 e. The summed E-state index contributed by atoms with van der Waals surface area (Å²) < 4.78 is 28.3. The third-order valence-corrected chi connectivity index (χ3v) is 7.73. The molecule has 0 amide bonds. The second-order valence-electron chi connectivity index (χ2n) is 8.61. The molecule has 10 heteroatoms. The summed E-state index contributed by atoms with van der Waals surface area (Å²) in [6.45, 7) is 2.12. The monoisotopic (exact) mass is 469 g/mol. The van der Waals surface area contributed by atoms with Crippen LogP contribution in [0.1, 0.15) is 5.69 Å². The molecule has 2 aliphatic heterocycles. The molecule has 0 radical (unpaired) electrons. The highest BCUT2D eigenvalue weighted by atomic mass is 32.1. The van der Waals surface area contributed by atoms with E-state index in [9.17, 15) is 9.59 Å². The van der Waals surface area contributed by atoms with Gasteiger partial charge in [-0.3, -0.25) is 9.20 Å². The molecule has 170 valence electrons. The number of rotatable bonds is 4. The summed E-state index contributed by atoms with van der Waals surface area (Å²) in [4.78, 5) is 26.7. The van der Waals surface area contributed by atoms with Gasteiger partial charge in [-0.05, 0) is 13.1 Å². The SMILES string of the molecule is CNCC12C=CC=CC1CN(c1c(F)cc3c(=O)c(OC(=O)O)c4scc5n4c3c1OC5)C2. The van der Waals surface area contributed by atoms with Gasteiger partial charge in [0.25, 0.3) is 0 Å². The number of benzene rings is 1. The molecule has 33 heavy (non-hydrogen) atoms. The van der Waals surface area contributed by atoms with Crippen LogP contribution >= 0.6 is 11.3 Å². The highest BCUT2D eigenvalue weighted by Crippen LogP contribution is 2.48. The Kier molecular flexibility index (Phi) is 4.33. The molecule has 1 aliphatic carbocycles. The third-order valence-electron chi connectivity index (χ3n) is 6.75. The van der Waals surface area contributed by atoms with E-state index in [1.807, 2.05) is 24.1 Å². The molecule has 8 nitrogen and oxygen atoms in total. The van der Waals surface area contributed by atoms with Gasteiger partial charge in [-0.15, -0.1) is 11.3 Å². The average Bonchev–Trinajstić information content (AvgIpc) is 3.37. The first kappa shape index (κ1) is 20.3. The lowest BCUT2D eigenvalue weighted by molar-refractivity contribution is 0.144. The fraction of sp³-hybridized carbons (Fsp3) is 0.304. The first-order valence-electron chi connectivity index (χ1n) is 10.5. The number of carboxylic acid groups (broad SMARTS) is 1. The molecule has 2 unspecified atom stereocenters. The van der Waals surface area contributed by atoms with E-state index in [0.29, 0.717) is 34.9 Å². The summed E-state index contributed by atoms with van der Waals surface area (Å²) in [6.07, 6.45) is 6.78. The molecule has 0 bridgehead atoms. The number of anilines is 1. The predicted octanol–water partition coefficient (Wildman–Crippen LogP) is 3.37. The minimum absolute atomic E-state index is 0.0284. The molecule has 1 saturated heterocycles. The van der Waals surface area contributed by atoms with Crippen molar-refractivity contribution in [1.82, 2.24) is 9.72 Å². The van der Waals surface area contributed by atoms with Gasteiger partial charge in [0.05, 0.1) is 11.1 Å². The summed E-state index contributed by atoms with van der Waals surface area (Å²) in [5.41, 5.74) is 0.658. The second-order valence-corrected chi connectivity index (χ2v) is 9.47. The average molecular weight is 469 g/mol. The van der Waals surface area contributed by atoms with Crippen molar-refractivity contribution in [1.29, 1.82) is 0 Å². The van der Waals surface area contributed by atoms with Crippen LogP contribution in [0.5, 0.6) is 11.5 Å². The maximum absolute atomic E-state index is 15.7. The first-order chi connectivity index (χ1) is 15.9. The lowest BCUT2D eigenvalue weighted by atomic mass is 9.75. The van der Waals surface area contributed by atoms with Crippen LogP contribution in [-0.4, -0.2) is 42.3 Å². The molecule has 2 aromatic heterocycles. The van der Waals surface area contributed by atoms with Gasteiger partial charge in [-0.25, -0.2) is 9.18 Å². The molecule has 2 atom stereocenters. The van der Waals surface area contributed by atoms with Gasteiger partial charge < -0.3 is 24.8 Å². The number of nitrogens with zero attached hydrogens (tertiary/aromatic N) is 2. The molecule has 3 aromatic rings. The molecule has 1 aromatic carbocycles. The molecule has 0 spiro atoms. The predicted molar refractivity (Wildman–Crippen MR) is 122 cm³/mol. The fourth-order valence-electron chi connectivity index (χ4n) is 5.41. The van der Waals surface area contributed by atoms with Gasteiger partial charge in [0, 0.05) is 36.3 Å². The summed E-state index contributed by atoms with van der Waals surface area (Å²) in [5.74, 6) is -0.398. The van der Waals surface area contributed by atoms with Crippen LogP contribution in [0.15, 0.2) is 40.5 Å². The van der Waals surface area contributed by atoms with E-state index in [4.69, 9.17) is 14.6 Å². The van der Waals surface area contributed by atoms with Crippen molar-refractivity contribution in [2.75, 3.05) is 31.6 Å². The zero-order valence-corrected chi connectivity index (χ0v) is 18.4. The van der Waals surface area contributed by atoms with E-state index in [1.54, 1.807) is 9.78 Å². The van der Waals surface area contributed by atoms with E-state index >= 15 is 4.39 Å². The normalized spacial score (nSPS) is 22.8. The number of ether oxygens (including phenoxy) is 2. The van der Waals surface area contributed by atoms with Crippen LogP contribution in [0.4, 0.5) is 14.9 Å². The quantitative estimate of drug-likeness (QED) is 0.566. The highest BCUT2D eigenvalue weighted by Gasteiger charge is 2.46. The Bertz CT molecular complexity index is 1460. The maximum Gasteiger partial charge on any atom is 0.511 e. The zero-order chi connectivity index (χ0) is 22.9.